The molecule has 0 bridgehead atoms. The highest BCUT2D eigenvalue weighted by atomic mass is 32.2. The molecule has 1 heterocycles. The molecule has 2 aromatic carbocycles. The lowest BCUT2D eigenvalue weighted by Crippen LogP contribution is -2.37. The minimum absolute atomic E-state index is 0.113. The second-order valence-electron chi connectivity index (χ2n) is 6.24. The Morgan fingerprint density at radius 3 is 2.50 bits per heavy atom. The summed E-state index contributed by atoms with van der Waals surface area (Å²) in [4.78, 5) is 22.9. The third-order valence-electron chi connectivity index (χ3n) is 4.41. The number of methoxy groups -OCH3 is 1. The molecule has 9 nitrogen and oxygen atoms in total. The van der Waals surface area contributed by atoms with Crippen LogP contribution in [0.2, 0.25) is 0 Å². The van der Waals surface area contributed by atoms with E-state index in [0.717, 1.165) is 6.42 Å². The zero-order chi connectivity index (χ0) is 20.3. The summed E-state index contributed by atoms with van der Waals surface area (Å²) in [6, 6.07) is 10.1. The molecule has 148 valence electrons. The average Bonchev–Trinajstić information content (AvgIpc) is 2.67. The molecule has 1 aliphatic rings. The van der Waals surface area contributed by atoms with E-state index in [0.29, 0.717) is 18.7 Å². The van der Waals surface area contributed by atoms with Crippen LogP contribution >= 0.6 is 0 Å². The van der Waals surface area contributed by atoms with Gasteiger partial charge in [-0.05, 0) is 43.2 Å². The van der Waals surface area contributed by atoms with Gasteiger partial charge in [-0.2, -0.15) is 0 Å². The van der Waals surface area contributed by atoms with Crippen molar-refractivity contribution in [3.05, 3.63) is 58.1 Å². The molecule has 0 unspecified atom stereocenters. The minimum Gasteiger partial charge on any atom is -0.495 e. The Bertz CT molecular complexity index is 1000. The quantitative estimate of drug-likeness (QED) is 0.603. The van der Waals surface area contributed by atoms with Crippen LogP contribution in [0.3, 0.4) is 0 Å². The van der Waals surface area contributed by atoms with Gasteiger partial charge in [0.2, 0.25) is 10.0 Å². The molecular formula is C18H19N3O6S. The first-order valence-electron chi connectivity index (χ1n) is 8.56. The summed E-state index contributed by atoms with van der Waals surface area (Å²) < 4.78 is 30.8. The maximum atomic E-state index is 12.5. The van der Waals surface area contributed by atoms with Gasteiger partial charge in [-0.25, -0.2) is 8.42 Å². The lowest BCUT2D eigenvalue weighted by atomic mass is 10.1. The molecule has 2 aromatic rings. The number of non-ortho nitro benzene ring substituents is 1. The Balaban J connectivity index is 1.80. The van der Waals surface area contributed by atoms with Crippen LogP contribution in [0.1, 0.15) is 23.2 Å². The first kappa shape index (κ1) is 19.6. The van der Waals surface area contributed by atoms with E-state index >= 15 is 0 Å². The van der Waals surface area contributed by atoms with Crippen molar-refractivity contribution in [2.45, 2.75) is 12.8 Å². The topological polar surface area (TPSA) is 119 Å². The van der Waals surface area contributed by atoms with E-state index in [9.17, 15) is 23.3 Å². The van der Waals surface area contributed by atoms with Crippen molar-refractivity contribution < 1.29 is 22.9 Å². The van der Waals surface area contributed by atoms with Crippen molar-refractivity contribution in [2.75, 3.05) is 29.0 Å². The van der Waals surface area contributed by atoms with Crippen LogP contribution in [0.4, 0.5) is 17.1 Å². The number of rotatable bonds is 5. The number of nitrogens with one attached hydrogen (secondary N) is 1. The summed E-state index contributed by atoms with van der Waals surface area (Å²) in [6.07, 6.45) is 1.43. The van der Waals surface area contributed by atoms with Crippen molar-refractivity contribution in [3.63, 3.8) is 0 Å². The van der Waals surface area contributed by atoms with Gasteiger partial charge in [-0.3, -0.25) is 19.2 Å². The first-order chi connectivity index (χ1) is 13.3. The summed E-state index contributed by atoms with van der Waals surface area (Å²) in [7, 11) is -1.93. The van der Waals surface area contributed by atoms with Gasteiger partial charge in [0, 0.05) is 24.2 Å². The lowest BCUT2D eigenvalue weighted by molar-refractivity contribution is -0.384. The van der Waals surface area contributed by atoms with Crippen LogP contribution in [-0.4, -0.2) is 38.7 Å². The summed E-state index contributed by atoms with van der Waals surface area (Å²) in [6.45, 7) is 0.415. The molecule has 28 heavy (non-hydrogen) atoms. The zero-order valence-corrected chi connectivity index (χ0v) is 15.9. The van der Waals surface area contributed by atoms with Crippen molar-refractivity contribution in [3.8, 4) is 5.75 Å². The molecule has 0 saturated carbocycles. The fourth-order valence-corrected chi connectivity index (χ4v) is 4.60. The van der Waals surface area contributed by atoms with Gasteiger partial charge < -0.3 is 10.1 Å². The first-order valence-corrected chi connectivity index (χ1v) is 10.2. The molecule has 1 fully saturated rings. The number of anilines is 2. The SMILES string of the molecule is COc1ccc([N+](=O)[O-])cc1NC(=O)c1ccc(N2CCCCS2(=O)=O)cc1. The largest absolute Gasteiger partial charge is 0.495 e. The van der Waals surface area contributed by atoms with Crippen molar-refractivity contribution in [1.29, 1.82) is 0 Å². The van der Waals surface area contributed by atoms with Crippen LogP contribution in [0, 0.1) is 10.1 Å². The predicted molar refractivity (Wildman–Crippen MR) is 104 cm³/mol. The number of nitro benzene ring substituents is 1. The number of nitro groups is 1. The van der Waals surface area contributed by atoms with Gasteiger partial charge in [0.15, 0.2) is 0 Å². The van der Waals surface area contributed by atoms with Crippen molar-refractivity contribution in [2.24, 2.45) is 0 Å². The highest BCUT2D eigenvalue weighted by Gasteiger charge is 2.26. The molecule has 0 spiro atoms. The molecule has 1 N–H and O–H groups in total. The summed E-state index contributed by atoms with van der Waals surface area (Å²) in [5.74, 6) is -0.0937. The molecule has 0 atom stereocenters. The lowest BCUT2D eigenvalue weighted by Gasteiger charge is -2.28. The van der Waals surface area contributed by atoms with Gasteiger partial charge in [-0.15, -0.1) is 0 Å². The maximum Gasteiger partial charge on any atom is 0.271 e. The zero-order valence-electron chi connectivity index (χ0n) is 15.1. The molecule has 1 saturated heterocycles. The van der Waals surface area contributed by atoms with Crippen molar-refractivity contribution in [1.82, 2.24) is 0 Å². The van der Waals surface area contributed by atoms with E-state index in [1.54, 1.807) is 12.1 Å². The van der Waals surface area contributed by atoms with E-state index in [4.69, 9.17) is 4.74 Å². The predicted octanol–water partition coefficient (Wildman–Crippen LogP) is 2.79. The normalized spacial score (nSPS) is 15.7. The molecule has 1 aliphatic heterocycles. The molecular weight excluding hydrogens is 386 g/mol. The number of nitrogens with zero attached hydrogens (tertiary/aromatic N) is 2. The van der Waals surface area contributed by atoms with Gasteiger partial charge in [0.05, 0.1) is 29.2 Å². The van der Waals surface area contributed by atoms with Crippen molar-refractivity contribution >= 4 is 33.0 Å². The van der Waals surface area contributed by atoms with Gasteiger partial charge >= 0.3 is 0 Å². The molecule has 1 amide bonds. The Hall–Kier alpha value is -3.14. The van der Waals surface area contributed by atoms with Crippen LogP contribution in [-0.2, 0) is 10.0 Å². The maximum absolute atomic E-state index is 12.5. The smallest absolute Gasteiger partial charge is 0.271 e. The fourth-order valence-electron chi connectivity index (χ4n) is 2.96. The second-order valence-corrected chi connectivity index (χ2v) is 8.25. The fraction of sp³-hybridized carbons (Fsp3) is 0.278. The summed E-state index contributed by atoms with van der Waals surface area (Å²) >= 11 is 0. The van der Waals surface area contributed by atoms with Crippen LogP contribution in [0.5, 0.6) is 5.75 Å². The minimum atomic E-state index is -3.33. The second kappa shape index (κ2) is 7.85. The standard InChI is InChI=1S/C18H19N3O6S/c1-27-17-9-8-15(21(23)24)12-16(17)19-18(22)13-4-6-14(7-5-13)20-10-2-3-11-28(20,25)26/h4-9,12H,2-3,10-11H2,1H3,(H,19,22). The third-order valence-corrected chi connectivity index (χ3v) is 6.28. The number of amides is 1. The molecule has 0 radical (unpaired) electrons. The van der Waals surface area contributed by atoms with Crippen LogP contribution in [0.25, 0.3) is 0 Å². The summed E-state index contributed by atoms with van der Waals surface area (Å²) in [5.41, 5.74) is 0.780. The Morgan fingerprint density at radius 1 is 1.18 bits per heavy atom. The van der Waals surface area contributed by atoms with Crippen LogP contribution < -0.4 is 14.4 Å². The summed E-state index contributed by atoms with van der Waals surface area (Å²) in [5, 5.41) is 13.5. The number of ether oxygens (including phenoxy) is 1. The number of hydrogen-bond donors (Lipinski definition) is 1. The highest BCUT2D eigenvalue weighted by molar-refractivity contribution is 7.92. The molecule has 0 aliphatic carbocycles. The van der Waals surface area contributed by atoms with E-state index < -0.39 is 20.9 Å². The Kier molecular flexibility index (Phi) is 5.50. The Labute approximate surface area is 162 Å². The van der Waals surface area contributed by atoms with Gasteiger partial charge in [0.1, 0.15) is 5.75 Å². The highest BCUT2D eigenvalue weighted by Crippen LogP contribution is 2.29. The average molecular weight is 405 g/mol. The van der Waals surface area contributed by atoms with Gasteiger partial charge in [-0.1, -0.05) is 0 Å². The molecule has 10 heteroatoms. The molecule has 0 aromatic heterocycles. The van der Waals surface area contributed by atoms with E-state index in [1.165, 1.54) is 41.7 Å². The number of carbonyl (C=O) groups excluding carboxylic acids is 1. The van der Waals surface area contributed by atoms with Crippen LogP contribution in [0.15, 0.2) is 42.5 Å². The van der Waals surface area contributed by atoms with E-state index in [1.807, 2.05) is 0 Å². The van der Waals surface area contributed by atoms with E-state index in [2.05, 4.69) is 5.32 Å². The van der Waals surface area contributed by atoms with Gasteiger partial charge in [0.25, 0.3) is 11.6 Å². The number of sulfonamides is 1. The number of benzene rings is 2. The number of carbonyl (C=O) groups is 1. The third kappa shape index (κ3) is 4.06. The monoisotopic (exact) mass is 405 g/mol. The molecule has 3 rings (SSSR count). The Morgan fingerprint density at radius 2 is 1.89 bits per heavy atom. The number of hydrogen-bond acceptors (Lipinski definition) is 6. The van der Waals surface area contributed by atoms with E-state index in [-0.39, 0.29) is 28.4 Å².